The van der Waals surface area contributed by atoms with Gasteiger partial charge >= 0.3 is 0 Å². The second-order valence-electron chi connectivity index (χ2n) is 6.58. The first-order chi connectivity index (χ1) is 11.1. The van der Waals surface area contributed by atoms with Gasteiger partial charge < -0.3 is 10.0 Å². The van der Waals surface area contributed by atoms with Crippen molar-refractivity contribution in [1.29, 1.82) is 0 Å². The minimum atomic E-state index is -3.37. The molecule has 0 amide bonds. The Morgan fingerprint density at radius 1 is 1.04 bits per heavy atom. The second-order valence-corrected chi connectivity index (χ2v) is 8.51. The van der Waals surface area contributed by atoms with Gasteiger partial charge in [0.2, 0.25) is 10.0 Å². The molecule has 5 nitrogen and oxygen atoms in total. The van der Waals surface area contributed by atoms with Crippen LogP contribution in [-0.2, 0) is 10.0 Å². The van der Waals surface area contributed by atoms with Gasteiger partial charge in [-0.3, -0.25) is 0 Å². The number of benzene rings is 1. The molecule has 1 aromatic carbocycles. The Morgan fingerprint density at radius 2 is 1.74 bits per heavy atom. The van der Waals surface area contributed by atoms with Crippen LogP contribution >= 0.6 is 0 Å². The summed E-state index contributed by atoms with van der Waals surface area (Å²) in [6.07, 6.45) is 4.94. The molecule has 0 radical (unpaired) electrons. The lowest BCUT2D eigenvalue weighted by molar-refractivity contribution is 0.203. The summed E-state index contributed by atoms with van der Waals surface area (Å²) in [5, 5.41) is 9.24. The van der Waals surface area contributed by atoms with E-state index in [0.29, 0.717) is 23.9 Å². The number of hydrogen-bond donors (Lipinski definition) is 1. The fraction of sp³-hybridized carbons (Fsp3) is 0.647. The molecule has 0 spiro atoms. The summed E-state index contributed by atoms with van der Waals surface area (Å²) in [5.41, 5.74) is 0.972. The SMILES string of the molecule is O=S(=O)(c1cccc(N2CCC(CO)CC2)c1)N1CCCCC1. The standard InChI is InChI=1S/C17H26N2O3S/c20-14-15-7-11-18(12-8-15)16-5-4-6-17(13-16)23(21,22)19-9-2-1-3-10-19/h4-6,13,15,20H,1-3,7-12,14H2. The normalized spacial score (nSPS) is 21.5. The lowest BCUT2D eigenvalue weighted by atomic mass is 9.97. The van der Waals surface area contributed by atoms with Crippen molar-refractivity contribution in [2.45, 2.75) is 37.0 Å². The van der Waals surface area contributed by atoms with E-state index >= 15 is 0 Å². The topological polar surface area (TPSA) is 60.9 Å². The number of piperidine rings is 2. The monoisotopic (exact) mass is 338 g/mol. The van der Waals surface area contributed by atoms with Gasteiger partial charge in [0.1, 0.15) is 0 Å². The molecule has 0 aromatic heterocycles. The average Bonchev–Trinajstić information content (AvgIpc) is 2.62. The van der Waals surface area contributed by atoms with Crippen LogP contribution in [0.4, 0.5) is 5.69 Å². The van der Waals surface area contributed by atoms with Crippen LogP contribution in [0.25, 0.3) is 0 Å². The van der Waals surface area contributed by atoms with Crippen LogP contribution in [0.2, 0.25) is 0 Å². The highest BCUT2D eigenvalue weighted by Crippen LogP contribution is 2.27. The highest BCUT2D eigenvalue weighted by Gasteiger charge is 2.27. The Balaban J connectivity index is 1.77. The number of aliphatic hydroxyl groups excluding tert-OH is 1. The first kappa shape index (κ1) is 16.7. The molecule has 6 heteroatoms. The van der Waals surface area contributed by atoms with Crippen molar-refractivity contribution in [3.63, 3.8) is 0 Å². The lowest BCUT2D eigenvalue weighted by Crippen LogP contribution is -2.36. The summed E-state index contributed by atoms with van der Waals surface area (Å²) in [6, 6.07) is 7.33. The zero-order valence-corrected chi connectivity index (χ0v) is 14.3. The van der Waals surface area contributed by atoms with E-state index in [1.54, 1.807) is 10.4 Å². The molecule has 128 valence electrons. The van der Waals surface area contributed by atoms with Gasteiger partial charge in [-0.05, 0) is 49.8 Å². The predicted octanol–water partition coefficient (Wildman–Crippen LogP) is 2.07. The molecule has 2 heterocycles. The second kappa shape index (κ2) is 7.20. The van der Waals surface area contributed by atoms with Crippen LogP contribution in [0.1, 0.15) is 32.1 Å². The quantitative estimate of drug-likeness (QED) is 0.913. The average molecular weight is 338 g/mol. The molecule has 0 aliphatic carbocycles. The molecule has 23 heavy (non-hydrogen) atoms. The van der Waals surface area contributed by atoms with E-state index in [1.807, 2.05) is 18.2 Å². The maximum absolute atomic E-state index is 12.8. The van der Waals surface area contributed by atoms with Crippen molar-refractivity contribution >= 4 is 15.7 Å². The number of sulfonamides is 1. The Kier molecular flexibility index (Phi) is 5.24. The highest BCUT2D eigenvalue weighted by molar-refractivity contribution is 7.89. The third-order valence-electron chi connectivity index (χ3n) is 5.01. The summed E-state index contributed by atoms with van der Waals surface area (Å²) in [4.78, 5) is 2.63. The van der Waals surface area contributed by atoms with Crippen LogP contribution in [0.5, 0.6) is 0 Å². The molecule has 0 bridgehead atoms. The molecule has 1 N–H and O–H groups in total. The van der Waals surface area contributed by atoms with Crippen molar-refractivity contribution in [1.82, 2.24) is 4.31 Å². The Morgan fingerprint density at radius 3 is 2.39 bits per heavy atom. The Bertz CT molecular complexity index is 618. The van der Waals surface area contributed by atoms with E-state index in [2.05, 4.69) is 4.90 Å². The van der Waals surface area contributed by atoms with Gasteiger partial charge in [0.25, 0.3) is 0 Å². The maximum Gasteiger partial charge on any atom is 0.243 e. The molecule has 0 atom stereocenters. The van der Waals surface area contributed by atoms with Gasteiger partial charge in [-0.15, -0.1) is 0 Å². The zero-order valence-electron chi connectivity index (χ0n) is 13.5. The predicted molar refractivity (Wildman–Crippen MR) is 91.1 cm³/mol. The summed E-state index contributed by atoms with van der Waals surface area (Å²) >= 11 is 0. The summed E-state index contributed by atoms with van der Waals surface area (Å²) < 4.78 is 27.2. The molecular formula is C17H26N2O3S. The van der Waals surface area contributed by atoms with Gasteiger partial charge in [-0.25, -0.2) is 8.42 Å². The summed E-state index contributed by atoms with van der Waals surface area (Å²) in [6.45, 7) is 3.26. The van der Waals surface area contributed by atoms with Crippen molar-refractivity contribution in [2.75, 3.05) is 37.7 Å². The smallest absolute Gasteiger partial charge is 0.243 e. The number of nitrogens with zero attached hydrogens (tertiary/aromatic N) is 2. The number of aliphatic hydroxyl groups is 1. The van der Waals surface area contributed by atoms with E-state index in [9.17, 15) is 13.5 Å². The van der Waals surface area contributed by atoms with Gasteiger partial charge in [0.05, 0.1) is 4.90 Å². The highest BCUT2D eigenvalue weighted by atomic mass is 32.2. The van der Waals surface area contributed by atoms with E-state index in [1.165, 1.54) is 0 Å². The molecule has 2 fully saturated rings. The minimum absolute atomic E-state index is 0.247. The molecule has 2 aliphatic rings. The number of anilines is 1. The molecule has 0 unspecified atom stereocenters. The van der Waals surface area contributed by atoms with Crippen LogP contribution in [0.3, 0.4) is 0 Å². The molecular weight excluding hydrogens is 312 g/mol. The van der Waals surface area contributed by atoms with Gasteiger partial charge in [0, 0.05) is 38.5 Å². The first-order valence-electron chi connectivity index (χ1n) is 8.57. The van der Waals surface area contributed by atoms with Crippen LogP contribution in [0.15, 0.2) is 29.2 Å². The zero-order chi connectivity index (χ0) is 16.3. The summed E-state index contributed by atoms with van der Waals surface area (Å²) in [7, 11) is -3.37. The van der Waals surface area contributed by atoms with E-state index in [0.717, 1.165) is 50.9 Å². The number of hydrogen-bond acceptors (Lipinski definition) is 4. The Labute approximate surface area is 139 Å². The van der Waals surface area contributed by atoms with E-state index in [-0.39, 0.29) is 6.61 Å². The van der Waals surface area contributed by atoms with Crippen LogP contribution < -0.4 is 4.90 Å². The van der Waals surface area contributed by atoms with Crippen molar-refractivity contribution in [2.24, 2.45) is 5.92 Å². The maximum atomic E-state index is 12.8. The lowest BCUT2D eigenvalue weighted by Gasteiger charge is -2.33. The third kappa shape index (κ3) is 3.70. The van der Waals surface area contributed by atoms with Gasteiger partial charge in [-0.2, -0.15) is 4.31 Å². The Hall–Kier alpha value is -1.11. The van der Waals surface area contributed by atoms with E-state index in [4.69, 9.17) is 0 Å². The minimum Gasteiger partial charge on any atom is -0.396 e. The van der Waals surface area contributed by atoms with Crippen molar-refractivity contribution in [3.8, 4) is 0 Å². The molecule has 1 aromatic rings. The van der Waals surface area contributed by atoms with Gasteiger partial charge in [0.15, 0.2) is 0 Å². The number of rotatable bonds is 4. The first-order valence-corrected chi connectivity index (χ1v) is 10.0. The van der Waals surface area contributed by atoms with Crippen LogP contribution in [0, 0.1) is 5.92 Å². The molecule has 2 aliphatic heterocycles. The van der Waals surface area contributed by atoms with Crippen LogP contribution in [-0.4, -0.2) is 50.6 Å². The largest absolute Gasteiger partial charge is 0.396 e. The van der Waals surface area contributed by atoms with Crippen molar-refractivity contribution < 1.29 is 13.5 Å². The van der Waals surface area contributed by atoms with Gasteiger partial charge in [-0.1, -0.05) is 12.5 Å². The third-order valence-corrected chi connectivity index (χ3v) is 6.90. The molecule has 2 saturated heterocycles. The van der Waals surface area contributed by atoms with E-state index < -0.39 is 10.0 Å². The fourth-order valence-electron chi connectivity index (χ4n) is 3.47. The van der Waals surface area contributed by atoms with Crippen molar-refractivity contribution in [3.05, 3.63) is 24.3 Å². The fourth-order valence-corrected chi connectivity index (χ4v) is 5.03. The summed E-state index contributed by atoms with van der Waals surface area (Å²) in [5.74, 6) is 0.381. The molecule has 3 rings (SSSR count). The molecule has 0 saturated carbocycles.